The molecule has 2 rings (SSSR count). The van der Waals surface area contributed by atoms with Gasteiger partial charge >= 0.3 is 0 Å². The van der Waals surface area contributed by atoms with Gasteiger partial charge in [0.1, 0.15) is 5.82 Å². The third-order valence-corrected chi connectivity index (χ3v) is 2.24. The zero-order valence-electron chi connectivity index (χ0n) is 9.07. The molecule has 0 atom stereocenters. The molecule has 0 saturated heterocycles. The van der Waals surface area contributed by atoms with E-state index in [2.05, 4.69) is 44.0 Å². The van der Waals surface area contributed by atoms with Crippen LogP contribution in [0.15, 0.2) is 18.3 Å². The van der Waals surface area contributed by atoms with Crippen molar-refractivity contribution in [2.45, 2.75) is 33.1 Å². The lowest BCUT2D eigenvalue weighted by molar-refractivity contribution is 0.538. The Kier molecular flexibility index (Phi) is 1.84. The number of rotatable bonds is 0. The van der Waals surface area contributed by atoms with Crippen molar-refractivity contribution in [1.29, 1.82) is 0 Å². The standard InChI is InChI=1S/C11H15N3/c1-8-5-6-14-9(7-8)12-13-10(14)11(2,3)4/h5-7H,1-4H3. The third kappa shape index (κ3) is 1.39. The van der Waals surface area contributed by atoms with Crippen LogP contribution in [-0.4, -0.2) is 14.6 Å². The molecule has 0 bridgehead atoms. The van der Waals surface area contributed by atoms with E-state index >= 15 is 0 Å². The predicted octanol–water partition coefficient (Wildman–Crippen LogP) is 2.34. The average molecular weight is 189 g/mol. The lowest BCUT2D eigenvalue weighted by atomic mass is 9.96. The molecule has 0 fully saturated rings. The lowest BCUT2D eigenvalue weighted by Crippen LogP contribution is -2.15. The molecule has 3 nitrogen and oxygen atoms in total. The van der Waals surface area contributed by atoms with E-state index in [0.29, 0.717) is 0 Å². The van der Waals surface area contributed by atoms with Gasteiger partial charge in [-0.2, -0.15) is 0 Å². The number of aromatic nitrogens is 3. The molecule has 0 radical (unpaired) electrons. The van der Waals surface area contributed by atoms with E-state index in [1.165, 1.54) is 5.56 Å². The van der Waals surface area contributed by atoms with E-state index in [-0.39, 0.29) is 5.41 Å². The van der Waals surface area contributed by atoms with Crippen LogP contribution in [0.4, 0.5) is 0 Å². The minimum atomic E-state index is 0.0364. The zero-order chi connectivity index (χ0) is 10.3. The first kappa shape index (κ1) is 9.19. The van der Waals surface area contributed by atoms with Crippen molar-refractivity contribution in [3.8, 4) is 0 Å². The van der Waals surface area contributed by atoms with Crippen LogP contribution in [0.25, 0.3) is 5.65 Å². The Morgan fingerprint density at radius 2 is 1.93 bits per heavy atom. The molecule has 2 aromatic rings. The molecule has 3 heteroatoms. The van der Waals surface area contributed by atoms with Gasteiger partial charge in [-0.1, -0.05) is 20.8 Å². The quantitative estimate of drug-likeness (QED) is 0.636. The molecule has 0 saturated carbocycles. The van der Waals surface area contributed by atoms with E-state index in [1.54, 1.807) is 0 Å². The molecule has 0 aliphatic heterocycles. The normalized spacial score (nSPS) is 12.3. The number of fused-ring (bicyclic) bond motifs is 1. The number of pyridine rings is 1. The van der Waals surface area contributed by atoms with Crippen molar-refractivity contribution in [2.24, 2.45) is 0 Å². The number of hydrogen-bond acceptors (Lipinski definition) is 2. The van der Waals surface area contributed by atoms with Crippen molar-refractivity contribution >= 4 is 5.65 Å². The maximum absolute atomic E-state index is 4.22. The van der Waals surface area contributed by atoms with Gasteiger partial charge in [0.25, 0.3) is 0 Å². The van der Waals surface area contributed by atoms with Gasteiger partial charge in [0, 0.05) is 11.6 Å². The summed E-state index contributed by atoms with van der Waals surface area (Å²) in [6.45, 7) is 8.49. The number of nitrogens with zero attached hydrogens (tertiary/aromatic N) is 3. The first-order valence-electron chi connectivity index (χ1n) is 4.80. The highest BCUT2D eigenvalue weighted by Crippen LogP contribution is 2.20. The first-order valence-corrected chi connectivity index (χ1v) is 4.80. The Bertz CT molecular complexity index is 463. The van der Waals surface area contributed by atoms with Crippen LogP contribution >= 0.6 is 0 Å². The highest BCUT2D eigenvalue weighted by Gasteiger charge is 2.20. The van der Waals surface area contributed by atoms with Crippen molar-refractivity contribution in [3.05, 3.63) is 29.7 Å². The molecule has 2 heterocycles. The molecular formula is C11H15N3. The molecule has 0 unspecified atom stereocenters. The van der Waals surface area contributed by atoms with E-state index < -0.39 is 0 Å². The van der Waals surface area contributed by atoms with Crippen LogP contribution in [0.1, 0.15) is 32.2 Å². The Morgan fingerprint density at radius 3 is 2.57 bits per heavy atom. The summed E-state index contributed by atoms with van der Waals surface area (Å²) in [5.41, 5.74) is 2.18. The fourth-order valence-electron chi connectivity index (χ4n) is 1.50. The highest BCUT2D eigenvalue weighted by atomic mass is 15.2. The van der Waals surface area contributed by atoms with Crippen molar-refractivity contribution in [1.82, 2.24) is 14.6 Å². The van der Waals surface area contributed by atoms with Crippen molar-refractivity contribution in [2.75, 3.05) is 0 Å². The molecule has 14 heavy (non-hydrogen) atoms. The molecule has 0 aliphatic carbocycles. The number of hydrogen-bond donors (Lipinski definition) is 0. The summed E-state index contributed by atoms with van der Waals surface area (Å²) in [5, 5.41) is 8.38. The van der Waals surface area contributed by atoms with Crippen LogP contribution in [0.3, 0.4) is 0 Å². The van der Waals surface area contributed by atoms with E-state index in [4.69, 9.17) is 0 Å². The minimum Gasteiger partial charge on any atom is -0.286 e. The first-order chi connectivity index (χ1) is 6.48. The second kappa shape index (κ2) is 2.80. The summed E-state index contributed by atoms with van der Waals surface area (Å²) in [4.78, 5) is 0. The Hall–Kier alpha value is -1.38. The molecule has 0 spiro atoms. The van der Waals surface area contributed by atoms with E-state index in [9.17, 15) is 0 Å². The Morgan fingerprint density at radius 1 is 1.21 bits per heavy atom. The summed E-state index contributed by atoms with van der Waals surface area (Å²) >= 11 is 0. The van der Waals surface area contributed by atoms with Gasteiger partial charge in [0.05, 0.1) is 0 Å². The second-order valence-electron chi connectivity index (χ2n) is 4.71. The van der Waals surface area contributed by atoms with E-state index in [1.807, 2.05) is 16.7 Å². The van der Waals surface area contributed by atoms with Gasteiger partial charge in [-0.05, 0) is 24.6 Å². The monoisotopic (exact) mass is 189 g/mol. The maximum atomic E-state index is 4.22. The highest BCUT2D eigenvalue weighted by molar-refractivity contribution is 5.41. The van der Waals surface area contributed by atoms with Gasteiger partial charge in [-0.15, -0.1) is 10.2 Å². The van der Waals surface area contributed by atoms with Crippen molar-refractivity contribution in [3.63, 3.8) is 0 Å². The Labute approximate surface area is 83.8 Å². The summed E-state index contributed by atoms with van der Waals surface area (Å²) in [6, 6.07) is 4.12. The van der Waals surface area contributed by atoms with Gasteiger partial charge in [0.2, 0.25) is 0 Å². The second-order valence-corrected chi connectivity index (χ2v) is 4.71. The maximum Gasteiger partial charge on any atom is 0.161 e. The van der Waals surface area contributed by atoms with Crippen LogP contribution in [0, 0.1) is 6.92 Å². The minimum absolute atomic E-state index is 0.0364. The summed E-state index contributed by atoms with van der Waals surface area (Å²) in [7, 11) is 0. The van der Waals surface area contributed by atoms with Gasteiger partial charge in [-0.25, -0.2) is 0 Å². The SMILES string of the molecule is Cc1ccn2c(C(C)(C)C)nnc2c1. The molecule has 0 aromatic carbocycles. The molecule has 0 amide bonds. The number of aryl methyl sites for hydroxylation is 1. The molecule has 74 valence electrons. The largest absolute Gasteiger partial charge is 0.286 e. The smallest absolute Gasteiger partial charge is 0.161 e. The summed E-state index contributed by atoms with van der Waals surface area (Å²) < 4.78 is 2.05. The van der Waals surface area contributed by atoms with Crippen LogP contribution in [-0.2, 0) is 5.41 Å². The van der Waals surface area contributed by atoms with Gasteiger partial charge < -0.3 is 0 Å². The van der Waals surface area contributed by atoms with Gasteiger partial charge in [-0.3, -0.25) is 4.40 Å². The van der Waals surface area contributed by atoms with Crippen LogP contribution in [0.2, 0.25) is 0 Å². The fourth-order valence-corrected chi connectivity index (χ4v) is 1.50. The average Bonchev–Trinajstić information content (AvgIpc) is 2.45. The van der Waals surface area contributed by atoms with Crippen LogP contribution in [0.5, 0.6) is 0 Å². The molecule has 0 aliphatic rings. The van der Waals surface area contributed by atoms with E-state index in [0.717, 1.165) is 11.5 Å². The molecule has 2 aromatic heterocycles. The van der Waals surface area contributed by atoms with Crippen molar-refractivity contribution < 1.29 is 0 Å². The van der Waals surface area contributed by atoms with Gasteiger partial charge in [0.15, 0.2) is 5.65 Å². The topological polar surface area (TPSA) is 30.2 Å². The lowest BCUT2D eigenvalue weighted by Gasteiger charge is -2.15. The zero-order valence-corrected chi connectivity index (χ0v) is 9.07. The molecule has 0 N–H and O–H groups in total. The summed E-state index contributed by atoms with van der Waals surface area (Å²) in [5.74, 6) is 1.01. The Balaban J connectivity index is 2.70. The molecular weight excluding hydrogens is 174 g/mol. The summed E-state index contributed by atoms with van der Waals surface area (Å²) in [6.07, 6.45) is 2.03. The predicted molar refractivity (Wildman–Crippen MR) is 56.4 cm³/mol. The van der Waals surface area contributed by atoms with Crippen LogP contribution < -0.4 is 0 Å². The fraction of sp³-hybridized carbons (Fsp3) is 0.455. The third-order valence-electron chi connectivity index (χ3n) is 2.24.